The molecule has 0 aliphatic carbocycles. The van der Waals surface area contributed by atoms with E-state index in [-0.39, 0.29) is 18.9 Å². The minimum atomic E-state index is -1.58. The smallest absolute Gasteiger partial charge is 0.220 e. The predicted octanol–water partition coefficient (Wildman–Crippen LogP) is 15.3. The summed E-state index contributed by atoms with van der Waals surface area (Å²) in [7, 11) is 0. The van der Waals surface area contributed by atoms with E-state index in [1.54, 1.807) is 6.08 Å². The second-order valence-electron chi connectivity index (χ2n) is 20.1. The number of aliphatic hydroxyl groups excluding tert-OH is 5. The van der Waals surface area contributed by atoms with Crippen LogP contribution in [-0.2, 0) is 14.3 Å². The highest BCUT2D eigenvalue weighted by Gasteiger charge is 2.44. The van der Waals surface area contributed by atoms with Crippen molar-refractivity contribution in [1.29, 1.82) is 0 Å². The highest BCUT2D eigenvalue weighted by molar-refractivity contribution is 5.76. The number of carbonyl (C=O) groups is 1. The molecule has 6 N–H and O–H groups in total. The lowest BCUT2D eigenvalue weighted by atomic mass is 9.99. The third-order valence-corrected chi connectivity index (χ3v) is 13.2. The zero-order valence-corrected chi connectivity index (χ0v) is 47.2. The molecule has 0 radical (unpaired) electrons. The second-order valence-corrected chi connectivity index (χ2v) is 20.1. The van der Waals surface area contributed by atoms with Crippen molar-refractivity contribution in [3.8, 4) is 0 Å². The van der Waals surface area contributed by atoms with Gasteiger partial charge in [-0.1, -0.05) is 250 Å². The average molecular weight is 1040 g/mol. The first-order valence-electron chi connectivity index (χ1n) is 29.9. The number of aliphatic hydroxyl groups is 5. The lowest BCUT2D eigenvalue weighted by Gasteiger charge is -2.40. The van der Waals surface area contributed by atoms with E-state index in [0.717, 1.165) is 96.3 Å². The van der Waals surface area contributed by atoms with Gasteiger partial charge in [0.1, 0.15) is 24.4 Å². The first-order chi connectivity index (χ1) is 36.8. The first-order valence-corrected chi connectivity index (χ1v) is 29.9. The molecule has 7 atom stereocenters. The normalized spacial score (nSPS) is 19.9. The molecule has 9 nitrogen and oxygen atoms in total. The number of ether oxygens (including phenoxy) is 2. The fourth-order valence-electron chi connectivity index (χ4n) is 8.54. The summed E-state index contributed by atoms with van der Waals surface area (Å²) in [6.45, 7) is 3.64. The largest absolute Gasteiger partial charge is 0.394 e. The lowest BCUT2D eigenvalue weighted by molar-refractivity contribution is -0.302. The highest BCUT2D eigenvalue weighted by Crippen LogP contribution is 2.23. The molecule has 0 aromatic heterocycles. The number of rotatable bonds is 49. The maximum atomic E-state index is 13.1. The number of carbonyl (C=O) groups excluding carboxylic acids is 1. The summed E-state index contributed by atoms with van der Waals surface area (Å²) in [5.74, 6) is -0.224. The molecule has 1 aliphatic rings. The molecule has 1 aliphatic heterocycles. The van der Waals surface area contributed by atoms with E-state index in [9.17, 15) is 30.3 Å². The zero-order chi connectivity index (χ0) is 54.3. The number of allylic oxidation sites excluding steroid dienone is 21. The Morgan fingerprint density at radius 3 is 1.23 bits per heavy atom. The molecule has 1 rings (SSSR count). The van der Waals surface area contributed by atoms with Gasteiger partial charge in [-0.15, -0.1) is 0 Å². The maximum absolute atomic E-state index is 13.1. The average Bonchev–Trinajstić information content (AvgIpc) is 3.41. The number of hydrogen-bond acceptors (Lipinski definition) is 8. The van der Waals surface area contributed by atoms with E-state index in [1.807, 2.05) is 6.08 Å². The van der Waals surface area contributed by atoms with E-state index in [1.165, 1.54) is 96.3 Å². The molecule has 0 bridgehead atoms. The van der Waals surface area contributed by atoms with Gasteiger partial charge in [-0.2, -0.15) is 0 Å². The summed E-state index contributed by atoms with van der Waals surface area (Å²) < 4.78 is 11.3. The minimum Gasteiger partial charge on any atom is -0.394 e. The molecule has 1 amide bonds. The fourth-order valence-corrected chi connectivity index (χ4v) is 8.54. The molecule has 1 fully saturated rings. The second kappa shape index (κ2) is 53.7. The van der Waals surface area contributed by atoms with Gasteiger partial charge in [0.2, 0.25) is 5.91 Å². The number of unbranched alkanes of at least 4 members (excludes halogenated alkanes) is 19. The molecule has 75 heavy (non-hydrogen) atoms. The van der Waals surface area contributed by atoms with Crippen LogP contribution >= 0.6 is 0 Å². The van der Waals surface area contributed by atoms with Crippen molar-refractivity contribution in [2.75, 3.05) is 13.2 Å². The van der Waals surface area contributed by atoms with Gasteiger partial charge in [-0.05, 0) is 96.3 Å². The van der Waals surface area contributed by atoms with Gasteiger partial charge in [-0.3, -0.25) is 4.79 Å². The van der Waals surface area contributed by atoms with Crippen LogP contribution in [0.2, 0.25) is 0 Å². The SMILES string of the molecule is CC/C=C\C/C=C\C/C=C\C/C=C\C/C=C\C/C=C\C/C=C\C/C=C\C/C=C\C/C=C\CCCCC(=O)NC(COC1OC(CO)C(O)C(O)C1O)C(O)/C=C/CCCCCCCCCCCCCCCCCCC. The van der Waals surface area contributed by atoms with Crippen molar-refractivity contribution < 1.29 is 39.8 Å². The third kappa shape index (κ3) is 43.1. The van der Waals surface area contributed by atoms with Crippen molar-refractivity contribution >= 4 is 5.91 Å². The van der Waals surface area contributed by atoms with E-state index in [4.69, 9.17) is 9.47 Å². The molecule has 0 aromatic carbocycles. The van der Waals surface area contributed by atoms with Crippen molar-refractivity contribution in [3.05, 3.63) is 134 Å². The van der Waals surface area contributed by atoms with Crippen molar-refractivity contribution in [1.82, 2.24) is 5.32 Å². The maximum Gasteiger partial charge on any atom is 0.220 e. The van der Waals surface area contributed by atoms with Crippen LogP contribution in [0.4, 0.5) is 0 Å². The van der Waals surface area contributed by atoms with Gasteiger partial charge in [0, 0.05) is 6.42 Å². The summed E-state index contributed by atoms with van der Waals surface area (Å²) in [6.07, 6.45) is 75.1. The van der Waals surface area contributed by atoms with Gasteiger partial charge in [0.05, 0.1) is 25.4 Å². The number of hydrogen-bond donors (Lipinski definition) is 6. The van der Waals surface area contributed by atoms with Crippen LogP contribution in [0, 0.1) is 0 Å². The molecule has 0 saturated carbocycles. The molecule has 9 heteroatoms. The Bertz CT molecular complexity index is 1640. The number of amides is 1. The van der Waals surface area contributed by atoms with Crippen molar-refractivity contribution in [3.63, 3.8) is 0 Å². The van der Waals surface area contributed by atoms with Crippen LogP contribution in [0.5, 0.6) is 0 Å². The van der Waals surface area contributed by atoms with Crippen LogP contribution in [0.25, 0.3) is 0 Å². The van der Waals surface area contributed by atoms with Crippen LogP contribution in [0.3, 0.4) is 0 Å². The van der Waals surface area contributed by atoms with E-state index in [0.29, 0.717) is 6.42 Å². The fraction of sp³-hybridized carbons (Fsp3) is 0.652. The van der Waals surface area contributed by atoms with Crippen molar-refractivity contribution in [2.24, 2.45) is 0 Å². The zero-order valence-electron chi connectivity index (χ0n) is 47.2. The summed E-state index contributed by atoms with van der Waals surface area (Å²) in [5.41, 5.74) is 0. The van der Waals surface area contributed by atoms with Crippen LogP contribution in [-0.4, -0.2) is 87.5 Å². The molecule has 0 spiro atoms. The summed E-state index contributed by atoms with van der Waals surface area (Å²) in [5, 5.41) is 54.5. The molecule has 1 saturated heterocycles. The lowest BCUT2D eigenvalue weighted by Crippen LogP contribution is -2.60. The first kappa shape index (κ1) is 69.3. The molecular weight excluding hydrogens is 935 g/mol. The van der Waals surface area contributed by atoms with Gasteiger partial charge >= 0.3 is 0 Å². The Morgan fingerprint density at radius 2 is 0.827 bits per heavy atom. The predicted molar refractivity (Wildman–Crippen MR) is 317 cm³/mol. The summed E-state index contributed by atoms with van der Waals surface area (Å²) >= 11 is 0. The summed E-state index contributed by atoms with van der Waals surface area (Å²) in [4.78, 5) is 13.1. The topological polar surface area (TPSA) is 149 Å². The molecular formula is C66H109NO8. The minimum absolute atomic E-state index is 0.214. The van der Waals surface area contributed by atoms with Gasteiger partial charge in [0.15, 0.2) is 6.29 Å². The van der Waals surface area contributed by atoms with E-state index in [2.05, 4.69) is 141 Å². The Balaban J connectivity index is 2.28. The van der Waals surface area contributed by atoms with Gasteiger partial charge in [0.25, 0.3) is 0 Å². The van der Waals surface area contributed by atoms with E-state index >= 15 is 0 Å². The highest BCUT2D eigenvalue weighted by atomic mass is 16.7. The standard InChI is InChI=1S/C66H109NO8/c1-3-5-7-9-11-13-15-17-19-21-23-24-25-26-27-28-29-30-31-32-33-34-35-36-38-40-42-44-46-48-50-52-54-56-62(70)67-59(58-74-66-65(73)64(72)63(71)61(57-68)75-66)60(69)55-53-51-49-47-45-43-41-39-37-22-20-18-16-14-12-10-8-6-4-2/h5,7,11,13,17,19,23-24,26-27,29-30,32-33,35-36,40,42,46,48,53,55,59-61,63-66,68-69,71-73H,3-4,6,8-10,12,14-16,18,20-22,25,28,31,34,37-39,41,43-45,47,49-52,54,56-58H2,1-2H3,(H,67,70)/b7-5-,13-11-,19-17-,24-23-,27-26-,30-29-,33-32-,36-35-,42-40-,48-46-,55-53+. The Kier molecular flexibility index (Phi) is 49.7. The Hall–Kier alpha value is -3.67. The molecule has 1 heterocycles. The molecule has 7 unspecified atom stereocenters. The summed E-state index contributed by atoms with van der Waals surface area (Å²) in [6, 6.07) is -0.839. The van der Waals surface area contributed by atoms with Crippen LogP contribution < -0.4 is 5.32 Å². The van der Waals surface area contributed by atoms with E-state index < -0.39 is 49.5 Å². The quantitative estimate of drug-likeness (QED) is 0.0261. The Morgan fingerprint density at radius 1 is 0.467 bits per heavy atom. The van der Waals surface area contributed by atoms with Crippen LogP contribution in [0.15, 0.2) is 134 Å². The number of nitrogens with one attached hydrogen (secondary N) is 1. The van der Waals surface area contributed by atoms with Crippen molar-refractivity contribution in [2.45, 2.75) is 262 Å². The molecule has 426 valence electrons. The monoisotopic (exact) mass is 1040 g/mol. The van der Waals surface area contributed by atoms with Crippen LogP contribution in [0.1, 0.15) is 219 Å². The van der Waals surface area contributed by atoms with Gasteiger partial charge < -0.3 is 40.3 Å². The van der Waals surface area contributed by atoms with Gasteiger partial charge in [-0.25, -0.2) is 0 Å². The molecule has 0 aromatic rings. The Labute approximate surface area is 458 Å². The third-order valence-electron chi connectivity index (χ3n) is 13.2.